The van der Waals surface area contributed by atoms with E-state index in [1.165, 1.54) is 29.2 Å². The molecule has 0 saturated carbocycles. The zero-order valence-electron chi connectivity index (χ0n) is 9.13. The Kier molecular flexibility index (Phi) is 4.68. The van der Waals surface area contributed by atoms with Gasteiger partial charge in [-0.25, -0.2) is 0 Å². The largest absolute Gasteiger partial charge is 0.508 e. The second-order valence-corrected chi connectivity index (χ2v) is 3.43. The van der Waals surface area contributed by atoms with E-state index in [0.29, 0.717) is 5.56 Å². The second-order valence-electron chi connectivity index (χ2n) is 3.43. The summed E-state index contributed by atoms with van der Waals surface area (Å²) in [6, 6.07) is 9.66. The zero-order valence-corrected chi connectivity index (χ0v) is 9.13. The van der Waals surface area contributed by atoms with Crippen molar-refractivity contribution >= 4 is 5.78 Å². The second kappa shape index (κ2) is 6.26. The average Bonchev–Trinajstić information content (AvgIpc) is 2.30. The molecule has 5 heteroatoms. The van der Waals surface area contributed by atoms with Crippen molar-refractivity contribution in [1.29, 1.82) is 10.5 Å². The monoisotopic (exact) mass is 229 g/mol. The van der Waals surface area contributed by atoms with E-state index in [9.17, 15) is 4.79 Å². The van der Waals surface area contributed by atoms with Gasteiger partial charge in [0.05, 0.1) is 31.8 Å². The molecule has 0 saturated heterocycles. The van der Waals surface area contributed by atoms with Gasteiger partial charge >= 0.3 is 0 Å². The van der Waals surface area contributed by atoms with E-state index in [-0.39, 0.29) is 31.2 Å². The molecule has 1 aromatic rings. The Morgan fingerprint density at radius 1 is 1.18 bits per heavy atom. The molecule has 0 radical (unpaired) electrons. The Labute approximate surface area is 99.1 Å². The molecule has 17 heavy (non-hydrogen) atoms. The van der Waals surface area contributed by atoms with Crippen LogP contribution in [0.2, 0.25) is 0 Å². The molecule has 0 unspecified atom stereocenters. The molecule has 1 rings (SSSR count). The standard InChI is InChI=1S/C12H11N3O2/c13-5-7-15(8-6-14)9-12(17)10-1-3-11(16)4-2-10/h1-4,16H,7-9H2. The van der Waals surface area contributed by atoms with Gasteiger partial charge in [-0.2, -0.15) is 10.5 Å². The van der Waals surface area contributed by atoms with E-state index in [1.54, 1.807) is 0 Å². The molecule has 0 aliphatic rings. The summed E-state index contributed by atoms with van der Waals surface area (Å²) < 4.78 is 0. The highest BCUT2D eigenvalue weighted by atomic mass is 16.3. The number of nitrogens with zero attached hydrogens (tertiary/aromatic N) is 3. The molecule has 0 atom stereocenters. The van der Waals surface area contributed by atoms with Crippen molar-refractivity contribution in [3.05, 3.63) is 29.8 Å². The topological polar surface area (TPSA) is 88.1 Å². The summed E-state index contributed by atoms with van der Waals surface area (Å²) in [5.41, 5.74) is 0.448. The first-order valence-corrected chi connectivity index (χ1v) is 4.96. The van der Waals surface area contributed by atoms with E-state index in [0.717, 1.165) is 0 Å². The molecule has 5 nitrogen and oxygen atoms in total. The normalized spacial score (nSPS) is 9.59. The van der Waals surface area contributed by atoms with E-state index in [1.807, 2.05) is 12.1 Å². The summed E-state index contributed by atoms with van der Waals surface area (Å²) in [5, 5.41) is 26.2. The van der Waals surface area contributed by atoms with E-state index < -0.39 is 0 Å². The number of phenols is 1. The lowest BCUT2D eigenvalue weighted by Crippen LogP contribution is -2.30. The number of carbonyl (C=O) groups is 1. The van der Waals surface area contributed by atoms with Crippen LogP contribution in [0.15, 0.2) is 24.3 Å². The van der Waals surface area contributed by atoms with Gasteiger partial charge in [-0.3, -0.25) is 9.69 Å². The highest BCUT2D eigenvalue weighted by Crippen LogP contribution is 2.10. The van der Waals surface area contributed by atoms with Gasteiger partial charge in [-0.05, 0) is 24.3 Å². The van der Waals surface area contributed by atoms with Gasteiger partial charge in [0, 0.05) is 5.56 Å². The van der Waals surface area contributed by atoms with E-state index in [2.05, 4.69) is 0 Å². The minimum atomic E-state index is -0.185. The fourth-order valence-corrected chi connectivity index (χ4v) is 1.31. The molecule has 86 valence electrons. The van der Waals surface area contributed by atoms with Crippen molar-refractivity contribution in [2.75, 3.05) is 19.6 Å². The minimum absolute atomic E-state index is 0.0197. The van der Waals surface area contributed by atoms with Crippen LogP contribution < -0.4 is 0 Å². The third-order valence-electron chi connectivity index (χ3n) is 2.15. The number of hydrogen-bond donors (Lipinski definition) is 1. The summed E-state index contributed by atoms with van der Waals surface area (Å²) in [6.07, 6.45) is 0. The maximum Gasteiger partial charge on any atom is 0.176 e. The lowest BCUT2D eigenvalue weighted by atomic mass is 10.1. The number of rotatable bonds is 5. The van der Waals surface area contributed by atoms with Gasteiger partial charge in [0.25, 0.3) is 0 Å². The maximum atomic E-state index is 11.8. The first-order chi connectivity index (χ1) is 8.17. The average molecular weight is 229 g/mol. The fourth-order valence-electron chi connectivity index (χ4n) is 1.31. The minimum Gasteiger partial charge on any atom is -0.508 e. The predicted octanol–water partition coefficient (Wildman–Crippen LogP) is 0.924. The van der Waals surface area contributed by atoms with Gasteiger partial charge in [0.1, 0.15) is 5.75 Å². The first-order valence-electron chi connectivity index (χ1n) is 4.96. The number of ketones is 1. The van der Waals surface area contributed by atoms with Crippen LogP contribution in [0.4, 0.5) is 0 Å². The van der Waals surface area contributed by atoms with Crippen LogP contribution >= 0.6 is 0 Å². The molecule has 0 aliphatic carbocycles. The van der Waals surface area contributed by atoms with Crippen molar-refractivity contribution in [3.63, 3.8) is 0 Å². The third-order valence-corrected chi connectivity index (χ3v) is 2.15. The molecule has 0 aliphatic heterocycles. The van der Waals surface area contributed by atoms with Crippen LogP contribution in [0.1, 0.15) is 10.4 Å². The Morgan fingerprint density at radius 3 is 2.18 bits per heavy atom. The van der Waals surface area contributed by atoms with Crippen molar-refractivity contribution < 1.29 is 9.90 Å². The van der Waals surface area contributed by atoms with E-state index >= 15 is 0 Å². The number of carbonyl (C=O) groups excluding carboxylic acids is 1. The molecular formula is C12H11N3O2. The van der Waals surface area contributed by atoms with Crippen LogP contribution in [0.25, 0.3) is 0 Å². The van der Waals surface area contributed by atoms with Crippen LogP contribution in [0.5, 0.6) is 5.75 Å². The van der Waals surface area contributed by atoms with Crippen molar-refractivity contribution in [1.82, 2.24) is 4.90 Å². The first kappa shape index (κ1) is 12.7. The van der Waals surface area contributed by atoms with Crippen molar-refractivity contribution in [2.24, 2.45) is 0 Å². The SMILES string of the molecule is N#CCN(CC#N)CC(=O)c1ccc(O)cc1. The molecule has 0 heterocycles. The number of phenolic OH excluding ortho intramolecular Hbond substituents is 1. The summed E-state index contributed by atoms with van der Waals surface area (Å²) in [7, 11) is 0. The molecule has 0 amide bonds. The third kappa shape index (κ3) is 3.94. The zero-order chi connectivity index (χ0) is 12.7. The molecule has 0 bridgehead atoms. The van der Waals surface area contributed by atoms with Gasteiger partial charge in [-0.1, -0.05) is 0 Å². The summed E-state index contributed by atoms with van der Waals surface area (Å²) in [6.45, 7) is 0.0979. The maximum absolute atomic E-state index is 11.8. The fraction of sp³-hybridized carbons (Fsp3) is 0.250. The molecule has 1 N–H and O–H groups in total. The van der Waals surface area contributed by atoms with Crippen LogP contribution in [0, 0.1) is 22.7 Å². The molecular weight excluding hydrogens is 218 g/mol. The molecule has 1 aromatic carbocycles. The van der Waals surface area contributed by atoms with Gasteiger partial charge in [0.15, 0.2) is 5.78 Å². The molecule has 0 aromatic heterocycles. The Hall–Kier alpha value is -2.37. The number of benzene rings is 1. The van der Waals surface area contributed by atoms with Gasteiger partial charge < -0.3 is 5.11 Å². The van der Waals surface area contributed by atoms with Crippen LogP contribution in [0.3, 0.4) is 0 Å². The highest BCUT2D eigenvalue weighted by molar-refractivity contribution is 5.97. The smallest absolute Gasteiger partial charge is 0.176 e. The summed E-state index contributed by atoms with van der Waals surface area (Å²) in [5.74, 6) is -0.0945. The van der Waals surface area contributed by atoms with Crippen molar-refractivity contribution in [3.8, 4) is 17.9 Å². The lowest BCUT2D eigenvalue weighted by molar-refractivity contribution is 0.0946. The van der Waals surface area contributed by atoms with Crippen molar-refractivity contribution in [2.45, 2.75) is 0 Å². The van der Waals surface area contributed by atoms with Gasteiger partial charge in [0.2, 0.25) is 0 Å². The Balaban J connectivity index is 2.68. The predicted molar refractivity (Wildman–Crippen MR) is 60.1 cm³/mol. The summed E-state index contributed by atoms with van der Waals surface area (Å²) in [4.78, 5) is 13.2. The van der Waals surface area contributed by atoms with Gasteiger partial charge in [-0.15, -0.1) is 0 Å². The lowest BCUT2D eigenvalue weighted by Gasteiger charge is -2.13. The Bertz CT molecular complexity index is 452. The quantitative estimate of drug-likeness (QED) is 0.599. The number of hydrogen-bond acceptors (Lipinski definition) is 5. The summed E-state index contributed by atoms with van der Waals surface area (Å²) >= 11 is 0. The van der Waals surface area contributed by atoms with Crippen LogP contribution in [-0.2, 0) is 0 Å². The number of aromatic hydroxyl groups is 1. The Morgan fingerprint density at radius 2 is 1.71 bits per heavy atom. The molecule has 0 spiro atoms. The highest BCUT2D eigenvalue weighted by Gasteiger charge is 2.11. The van der Waals surface area contributed by atoms with Crippen LogP contribution in [-0.4, -0.2) is 35.4 Å². The number of nitriles is 2. The molecule has 0 fully saturated rings. The number of Topliss-reactive ketones (excluding diaryl/α,β-unsaturated/α-hetero) is 1. The van der Waals surface area contributed by atoms with E-state index in [4.69, 9.17) is 15.6 Å².